The Kier molecular flexibility index (Phi) is 6.46. The summed E-state index contributed by atoms with van der Waals surface area (Å²) in [5.74, 6) is 0. The summed E-state index contributed by atoms with van der Waals surface area (Å²) in [5, 5.41) is 9.55. The van der Waals surface area contributed by atoms with Crippen molar-refractivity contribution in [2.45, 2.75) is 38.6 Å². The monoisotopic (exact) mass is 173 g/mol. The van der Waals surface area contributed by atoms with Crippen molar-refractivity contribution in [3.05, 3.63) is 0 Å². The number of hydrogen-bond donors (Lipinski definition) is 1. The van der Waals surface area contributed by atoms with Crippen molar-refractivity contribution in [2.75, 3.05) is 6.54 Å². The van der Waals surface area contributed by atoms with Gasteiger partial charge in [0.2, 0.25) is 0 Å². The van der Waals surface area contributed by atoms with Crippen molar-refractivity contribution >= 4 is 15.0 Å². The van der Waals surface area contributed by atoms with Crippen LogP contribution in [0.1, 0.15) is 20.8 Å². The maximum absolute atomic E-state index is 9.55. The van der Waals surface area contributed by atoms with Crippen LogP contribution < -0.4 is 0 Å². The average molecular weight is 173 g/mol. The largest absolute Gasteiger partial charge is 0.391 e. The van der Waals surface area contributed by atoms with Gasteiger partial charge in [-0.25, -0.2) is 0 Å². The highest BCUT2D eigenvalue weighted by molar-refractivity contribution is 6.63. The van der Waals surface area contributed by atoms with Gasteiger partial charge in [0.1, 0.15) is 0 Å². The normalized spacial score (nSPS) is 14.6. The average Bonchev–Trinajstić information content (AvgIpc) is 2.03. The van der Waals surface area contributed by atoms with Crippen LogP contribution in [0.5, 0.6) is 0 Å². The van der Waals surface area contributed by atoms with Crippen LogP contribution in [0.2, 0.25) is 12.1 Å². The van der Waals surface area contributed by atoms with Crippen LogP contribution in [0.15, 0.2) is 4.99 Å². The molecule has 0 aliphatic heterocycles. The topological polar surface area (TPSA) is 32.6 Å². The summed E-state index contributed by atoms with van der Waals surface area (Å²) in [6, 6.07) is 2.32. The van der Waals surface area contributed by atoms with Crippen molar-refractivity contribution < 1.29 is 5.11 Å². The Morgan fingerprint density at radius 3 is 2.27 bits per heavy atom. The Hall–Kier alpha value is -0.153. The molecule has 3 heteroatoms. The fraction of sp³-hybridized carbons (Fsp3) is 0.875. The fourth-order valence-corrected chi connectivity index (χ4v) is 3.02. The van der Waals surface area contributed by atoms with E-state index in [1.807, 2.05) is 6.92 Å². The van der Waals surface area contributed by atoms with Gasteiger partial charge in [0.05, 0.1) is 14.5 Å². The predicted octanol–water partition coefficient (Wildman–Crippen LogP) is 1.24. The number of aliphatic imine (C=N–C) groups is 1. The third kappa shape index (κ3) is 4.32. The van der Waals surface area contributed by atoms with Crippen molar-refractivity contribution in [1.82, 2.24) is 0 Å². The third-order valence-corrected chi connectivity index (χ3v) is 5.21. The van der Waals surface area contributed by atoms with Gasteiger partial charge in [-0.2, -0.15) is 0 Å². The first kappa shape index (κ1) is 10.8. The summed E-state index contributed by atoms with van der Waals surface area (Å²) in [7, 11) is -0.912. The molecule has 0 heterocycles. The molecule has 0 radical (unpaired) electrons. The van der Waals surface area contributed by atoms with Gasteiger partial charge >= 0.3 is 0 Å². The van der Waals surface area contributed by atoms with Gasteiger partial charge < -0.3 is 5.11 Å². The van der Waals surface area contributed by atoms with Gasteiger partial charge in [-0.15, -0.1) is 0 Å². The van der Waals surface area contributed by atoms with Crippen LogP contribution >= 0.6 is 0 Å². The van der Waals surface area contributed by atoms with Gasteiger partial charge in [-0.05, 0) is 6.92 Å². The third-order valence-electron chi connectivity index (χ3n) is 1.97. The van der Waals surface area contributed by atoms with Gasteiger partial charge in [0, 0.05) is 12.8 Å². The van der Waals surface area contributed by atoms with E-state index in [4.69, 9.17) is 0 Å². The lowest BCUT2D eigenvalue weighted by Gasteiger charge is -2.13. The lowest BCUT2D eigenvalue weighted by Crippen LogP contribution is -2.30. The number of rotatable bonds is 5. The molecule has 0 saturated heterocycles. The molecule has 2 nitrogen and oxygen atoms in total. The molecule has 0 bridgehead atoms. The molecule has 0 aliphatic rings. The molecule has 0 amide bonds. The van der Waals surface area contributed by atoms with Crippen molar-refractivity contribution in [3.63, 3.8) is 0 Å². The van der Waals surface area contributed by atoms with Gasteiger partial charge in [0.25, 0.3) is 0 Å². The molecule has 0 fully saturated rings. The van der Waals surface area contributed by atoms with Gasteiger partial charge in [0.15, 0.2) is 0 Å². The first-order chi connectivity index (χ1) is 5.26. The minimum Gasteiger partial charge on any atom is -0.391 e. The summed E-state index contributed by atoms with van der Waals surface area (Å²) in [6.07, 6.45) is 1.73. The van der Waals surface area contributed by atoms with E-state index in [2.05, 4.69) is 18.8 Å². The van der Waals surface area contributed by atoms with Crippen LogP contribution in [0.3, 0.4) is 0 Å². The number of hydrogen-bond acceptors (Lipinski definition) is 2. The molecule has 1 N–H and O–H groups in total. The Bertz CT molecular complexity index is 113. The highest BCUT2D eigenvalue weighted by Crippen LogP contribution is 2.01. The van der Waals surface area contributed by atoms with Gasteiger partial charge in [-0.1, -0.05) is 25.9 Å². The maximum Gasteiger partial charge on any atom is 0.0777 e. The molecule has 0 aromatic carbocycles. The molecule has 0 aliphatic carbocycles. The van der Waals surface area contributed by atoms with Crippen molar-refractivity contribution in [3.8, 4) is 0 Å². The van der Waals surface area contributed by atoms with Crippen LogP contribution in [0.25, 0.3) is 0 Å². The van der Waals surface area contributed by atoms with E-state index in [-0.39, 0.29) is 5.73 Å². The second-order valence-corrected chi connectivity index (χ2v) is 6.55. The number of aliphatic hydroxyl groups excluding tert-OH is 1. The van der Waals surface area contributed by atoms with E-state index in [1.54, 1.807) is 6.21 Å². The predicted molar refractivity (Wildman–Crippen MR) is 53.2 cm³/mol. The molecular formula is C8H19NOSi. The zero-order valence-corrected chi connectivity index (χ0v) is 8.90. The molecule has 1 unspecified atom stereocenters. The highest BCUT2D eigenvalue weighted by Gasteiger charge is 2.13. The van der Waals surface area contributed by atoms with Crippen molar-refractivity contribution in [2.24, 2.45) is 4.99 Å². The first-order valence-electron chi connectivity index (χ1n) is 4.44. The van der Waals surface area contributed by atoms with Gasteiger partial charge in [-0.3, -0.25) is 4.99 Å². The summed E-state index contributed by atoms with van der Waals surface area (Å²) < 4.78 is 0. The zero-order valence-electron chi connectivity index (χ0n) is 7.75. The quantitative estimate of drug-likeness (QED) is 0.492. The van der Waals surface area contributed by atoms with Crippen LogP contribution in [0, 0.1) is 0 Å². The molecule has 66 valence electrons. The summed E-state index contributed by atoms with van der Waals surface area (Å²) in [6.45, 7) is 7.08. The van der Waals surface area contributed by atoms with E-state index < -0.39 is 8.80 Å². The molecule has 0 aromatic heterocycles. The Morgan fingerprint density at radius 2 is 1.91 bits per heavy atom. The molecule has 11 heavy (non-hydrogen) atoms. The molecule has 0 saturated carbocycles. The molecular weight excluding hydrogens is 154 g/mol. The minimum atomic E-state index is -0.912. The Morgan fingerprint density at radius 1 is 1.36 bits per heavy atom. The van der Waals surface area contributed by atoms with Crippen LogP contribution in [0.4, 0.5) is 0 Å². The highest BCUT2D eigenvalue weighted by atomic mass is 28.3. The Balaban J connectivity index is 3.77. The summed E-state index contributed by atoms with van der Waals surface area (Å²) in [4.78, 5) is 4.05. The molecule has 0 aromatic rings. The smallest absolute Gasteiger partial charge is 0.0777 e. The lowest BCUT2D eigenvalue weighted by atomic mass is 10.7. The number of nitrogens with zero attached hydrogens (tertiary/aromatic N) is 1. The molecule has 0 rings (SSSR count). The Labute approximate surface area is 71.0 Å². The van der Waals surface area contributed by atoms with E-state index in [9.17, 15) is 5.11 Å². The SMILES string of the molecule is CCN=CC(O)[SiH](CC)CC. The summed E-state index contributed by atoms with van der Waals surface area (Å²) >= 11 is 0. The van der Waals surface area contributed by atoms with E-state index in [1.165, 1.54) is 0 Å². The second-order valence-electron chi connectivity index (χ2n) is 2.72. The number of aliphatic hydroxyl groups is 1. The minimum absolute atomic E-state index is 0.204. The van der Waals surface area contributed by atoms with Crippen molar-refractivity contribution in [1.29, 1.82) is 0 Å². The van der Waals surface area contributed by atoms with E-state index in [0.29, 0.717) is 0 Å². The van der Waals surface area contributed by atoms with Crippen LogP contribution in [-0.4, -0.2) is 32.4 Å². The maximum atomic E-state index is 9.55. The lowest BCUT2D eigenvalue weighted by molar-refractivity contribution is 0.314. The fourth-order valence-electron chi connectivity index (χ4n) is 1.11. The molecule has 1 atom stereocenters. The first-order valence-corrected chi connectivity index (χ1v) is 6.74. The standard InChI is InChI=1S/C8H19NOSi/c1-4-9-7-8(10)11(5-2)6-3/h7-8,10-11H,4-6H2,1-3H3. The summed E-state index contributed by atoms with van der Waals surface area (Å²) in [5.41, 5.74) is -0.204. The van der Waals surface area contributed by atoms with Crippen LogP contribution in [-0.2, 0) is 0 Å². The molecule has 0 spiro atoms. The zero-order chi connectivity index (χ0) is 8.69. The second kappa shape index (κ2) is 6.55. The van der Waals surface area contributed by atoms with E-state index >= 15 is 0 Å². The van der Waals surface area contributed by atoms with E-state index in [0.717, 1.165) is 18.6 Å².